The minimum Gasteiger partial charge on any atom is -0.255 e. The van der Waals surface area contributed by atoms with Crippen LogP contribution in [0, 0.1) is 0 Å². The molecule has 2 nitrogen and oxygen atoms in total. The van der Waals surface area contributed by atoms with Crippen molar-refractivity contribution in [1.29, 1.82) is 0 Å². The molecule has 0 bridgehead atoms. The molecule has 0 spiro atoms. The van der Waals surface area contributed by atoms with Gasteiger partial charge in [0.05, 0.1) is 10.1 Å². The van der Waals surface area contributed by atoms with Crippen molar-refractivity contribution >= 4 is 10.1 Å². The zero-order valence-corrected chi connectivity index (χ0v) is 6.93. The second-order valence-electron chi connectivity index (χ2n) is 2.49. The average Bonchev–Trinajstić information content (AvgIpc) is 1.83. The Morgan fingerprint density at radius 1 is 1.25 bits per heavy atom. The van der Waals surface area contributed by atoms with Gasteiger partial charge in [0.2, 0.25) is 0 Å². The molecular formula is C7H8F2O2S. The van der Waals surface area contributed by atoms with E-state index >= 15 is 0 Å². The maximum atomic E-state index is 12.2. The molecule has 0 radical (unpaired) electrons. The predicted molar refractivity (Wildman–Crippen MR) is 43.1 cm³/mol. The normalized spacial score (nSPS) is 15.1. The van der Waals surface area contributed by atoms with Gasteiger partial charge in [-0.2, -0.15) is 0 Å². The van der Waals surface area contributed by atoms with E-state index in [1.807, 2.05) is 0 Å². The van der Waals surface area contributed by atoms with Gasteiger partial charge in [0, 0.05) is 0 Å². The Bertz CT molecular complexity index is 319. The molecule has 0 aliphatic rings. The number of hydrogen-bond donors (Lipinski definition) is 1. The highest BCUT2D eigenvalue weighted by Gasteiger charge is 2.24. The summed E-state index contributed by atoms with van der Waals surface area (Å²) in [5.74, 6) is -1.10. The maximum Gasteiger partial charge on any atom is 0.117 e. The minimum atomic E-state index is -6.37. The van der Waals surface area contributed by atoms with Crippen LogP contribution >= 0.6 is 0 Å². The van der Waals surface area contributed by atoms with E-state index in [2.05, 4.69) is 0 Å². The topological polar surface area (TPSA) is 37.3 Å². The summed E-state index contributed by atoms with van der Waals surface area (Å²) in [6.45, 7) is 0. The third-order valence-corrected chi connectivity index (χ3v) is 2.04. The lowest BCUT2D eigenvalue weighted by atomic mass is 10.2. The molecule has 1 N–H and O–H groups in total. The minimum absolute atomic E-state index is 0.155. The van der Waals surface area contributed by atoms with E-state index in [0.717, 1.165) is 0 Å². The van der Waals surface area contributed by atoms with Gasteiger partial charge < -0.3 is 0 Å². The van der Waals surface area contributed by atoms with Crippen molar-refractivity contribution in [3.05, 3.63) is 35.9 Å². The fourth-order valence-corrected chi connectivity index (χ4v) is 1.57. The second-order valence-corrected chi connectivity index (χ2v) is 4.50. The summed E-state index contributed by atoms with van der Waals surface area (Å²) >= 11 is 0. The summed E-state index contributed by atoms with van der Waals surface area (Å²) in [6, 6.07) is 7.47. The number of halogens is 2. The summed E-state index contributed by atoms with van der Waals surface area (Å²) in [5.41, 5.74) is 0.155. The molecule has 0 atom stereocenters. The molecule has 0 fully saturated rings. The van der Waals surface area contributed by atoms with E-state index < -0.39 is 15.9 Å². The number of hydrogen-bond acceptors (Lipinski definition) is 1. The highest BCUT2D eigenvalue weighted by atomic mass is 32.4. The van der Waals surface area contributed by atoms with Crippen LogP contribution < -0.4 is 0 Å². The predicted octanol–water partition coefficient (Wildman–Crippen LogP) is 2.25. The molecule has 0 saturated carbocycles. The highest BCUT2D eigenvalue weighted by molar-refractivity contribution is 8.05. The van der Waals surface area contributed by atoms with Crippen molar-refractivity contribution in [2.24, 2.45) is 0 Å². The summed E-state index contributed by atoms with van der Waals surface area (Å²) in [7, 11) is -6.37. The molecule has 1 aromatic carbocycles. The van der Waals surface area contributed by atoms with Crippen LogP contribution in [0.15, 0.2) is 30.3 Å². The van der Waals surface area contributed by atoms with Gasteiger partial charge in [-0.05, 0) is 5.56 Å². The molecule has 0 unspecified atom stereocenters. The van der Waals surface area contributed by atoms with Crippen molar-refractivity contribution in [3.8, 4) is 0 Å². The third-order valence-electron chi connectivity index (χ3n) is 1.24. The van der Waals surface area contributed by atoms with Crippen molar-refractivity contribution in [1.82, 2.24) is 0 Å². The van der Waals surface area contributed by atoms with Crippen LogP contribution in [0.25, 0.3) is 0 Å². The molecule has 1 aromatic rings. The van der Waals surface area contributed by atoms with Gasteiger partial charge in [-0.15, -0.1) is 4.21 Å². The van der Waals surface area contributed by atoms with Crippen LogP contribution in [0.2, 0.25) is 0 Å². The number of rotatable bonds is 2. The van der Waals surface area contributed by atoms with Crippen LogP contribution in [0.3, 0.4) is 0 Å². The lowest BCUT2D eigenvalue weighted by molar-refractivity contribution is 0.394. The first-order valence-corrected chi connectivity index (χ1v) is 5.10. The summed E-state index contributed by atoms with van der Waals surface area (Å²) in [5, 5.41) is 0. The fraction of sp³-hybridized carbons (Fsp3) is 0.143. The van der Waals surface area contributed by atoms with Crippen molar-refractivity contribution in [2.45, 2.75) is 5.75 Å². The third kappa shape index (κ3) is 3.54. The maximum absolute atomic E-state index is 12.2. The van der Waals surface area contributed by atoms with Gasteiger partial charge in [-0.1, -0.05) is 38.1 Å². The standard InChI is InChI=1S/C7H8F2O2S/c8-12(9,10,11)6-7-4-2-1-3-5-7/h1-5H,6H2,(H,10,11). The molecule has 0 amide bonds. The zero-order chi connectivity index (χ0) is 9.27. The quantitative estimate of drug-likeness (QED) is 0.733. The Morgan fingerprint density at radius 3 is 2.17 bits per heavy atom. The Kier molecular flexibility index (Phi) is 2.01. The van der Waals surface area contributed by atoms with Gasteiger partial charge in [0.15, 0.2) is 0 Å². The number of benzene rings is 1. The summed E-state index contributed by atoms with van der Waals surface area (Å²) in [6.07, 6.45) is 0. The molecule has 1 rings (SSSR count). The van der Waals surface area contributed by atoms with E-state index in [1.54, 1.807) is 6.07 Å². The fourth-order valence-electron chi connectivity index (χ4n) is 0.843. The lowest BCUT2D eigenvalue weighted by Crippen LogP contribution is -2.20. The van der Waals surface area contributed by atoms with E-state index in [-0.39, 0.29) is 5.56 Å². The van der Waals surface area contributed by atoms with E-state index in [4.69, 9.17) is 4.55 Å². The Hall–Kier alpha value is -0.810. The van der Waals surface area contributed by atoms with Gasteiger partial charge in [0.25, 0.3) is 0 Å². The second kappa shape index (κ2) is 2.60. The van der Waals surface area contributed by atoms with Gasteiger partial charge >= 0.3 is 0 Å². The van der Waals surface area contributed by atoms with Crippen LogP contribution in [0.1, 0.15) is 5.56 Å². The van der Waals surface area contributed by atoms with Crippen LogP contribution in [-0.4, -0.2) is 8.76 Å². The van der Waals surface area contributed by atoms with Crippen molar-refractivity contribution in [3.63, 3.8) is 0 Å². The Labute approximate surface area is 69.0 Å². The van der Waals surface area contributed by atoms with Crippen molar-refractivity contribution in [2.75, 3.05) is 0 Å². The molecule has 0 aliphatic heterocycles. The monoisotopic (exact) mass is 194 g/mol. The summed E-state index contributed by atoms with van der Waals surface area (Å²) in [4.78, 5) is 0. The lowest BCUT2D eigenvalue weighted by Gasteiger charge is -2.22. The Balaban J connectivity index is 2.86. The molecule has 0 saturated heterocycles. The molecule has 0 aromatic heterocycles. The first kappa shape index (κ1) is 9.28. The van der Waals surface area contributed by atoms with E-state index in [0.29, 0.717) is 0 Å². The van der Waals surface area contributed by atoms with Crippen LogP contribution in [0.4, 0.5) is 7.77 Å². The van der Waals surface area contributed by atoms with Crippen LogP contribution in [0.5, 0.6) is 0 Å². The zero-order valence-electron chi connectivity index (χ0n) is 6.11. The first-order valence-electron chi connectivity index (χ1n) is 3.21. The van der Waals surface area contributed by atoms with Crippen LogP contribution in [-0.2, 0) is 15.9 Å². The van der Waals surface area contributed by atoms with E-state index in [1.165, 1.54) is 24.3 Å². The first-order chi connectivity index (χ1) is 5.33. The Morgan fingerprint density at radius 2 is 1.75 bits per heavy atom. The molecule has 68 valence electrons. The van der Waals surface area contributed by atoms with Gasteiger partial charge in [-0.3, -0.25) is 4.55 Å². The van der Waals surface area contributed by atoms with Gasteiger partial charge in [-0.25, -0.2) is 0 Å². The molecule has 0 heterocycles. The smallest absolute Gasteiger partial charge is 0.117 e. The summed E-state index contributed by atoms with van der Waals surface area (Å²) < 4.78 is 42.7. The molecular weight excluding hydrogens is 186 g/mol. The molecule has 0 aliphatic carbocycles. The van der Waals surface area contributed by atoms with Crippen molar-refractivity contribution < 1.29 is 16.5 Å². The van der Waals surface area contributed by atoms with E-state index in [9.17, 15) is 12.0 Å². The molecule has 5 heteroatoms. The molecule has 12 heavy (non-hydrogen) atoms. The SMILES string of the molecule is O=S(O)(F)(F)Cc1ccccc1. The average molecular weight is 194 g/mol. The van der Waals surface area contributed by atoms with Gasteiger partial charge in [0.1, 0.15) is 5.75 Å². The highest BCUT2D eigenvalue weighted by Crippen LogP contribution is 2.29. The largest absolute Gasteiger partial charge is 0.255 e.